The molecule has 0 radical (unpaired) electrons. The first kappa shape index (κ1) is 12.3. The zero-order valence-corrected chi connectivity index (χ0v) is 11.5. The molecule has 96 valence electrons. The summed E-state index contributed by atoms with van der Waals surface area (Å²) in [6, 6.07) is 6.85. The largest absolute Gasteiger partial charge is 0.501 e. The van der Waals surface area contributed by atoms with Gasteiger partial charge in [-0.1, -0.05) is 17.7 Å². The number of aromatic hydroxyl groups is 1. The monoisotopic (exact) mass is 292 g/mol. The van der Waals surface area contributed by atoms with Gasteiger partial charge in [0.1, 0.15) is 5.58 Å². The normalized spacial score (nSPS) is 11.1. The van der Waals surface area contributed by atoms with Crippen LogP contribution in [0.3, 0.4) is 0 Å². The Balaban J connectivity index is 2.42. The quantitative estimate of drug-likeness (QED) is 0.731. The third kappa shape index (κ3) is 1.93. The van der Waals surface area contributed by atoms with Crippen LogP contribution in [0.25, 0.3) is 21.6 Å². The molecule has 0 unspecified atom stereocenters. The molecule has 0 saturated carbocycles. The van der Waals surface area contributed by atoms with E-state index in [9.17, 15) is 9.90 Å². The summed E-state index contributed by atoms with van der Waals surface area (Å²) in [4.78, 5) is 12.9. The highest BCUT2D eigenvalue weighted by atomic mass is 35.5. The maximum absolute atomic E-state index is 12.1. The number of hydrogen-bond acceptors (Lipinski definition) is 4. The van der Waals surface area contributed by atoms with Gasteiger partial charge in [-0.05, 0) is 36.1 Å². The molecular formula is C14H9ClO3S. The van der Waals surface area contributed by atoms with Crippen molar-refractivity contribution in [1.82, 2.24) is 0 Å². The van der Waals surface area contributed by atoms with Crippen LogP contribution < -0.4 is 5.43 Å². The highest BCUT2D eigenvalue weighted by Gasteiger charge is 2.16. The van der Waals surface area contributed by atoms with Crippen molar-refractivity contribution in [3.05, 3.63) is 50.5 Å². The van der Waals surface area contributed by atoms with Crippen LogP contribution in [0.2, 0.25) is 5.02 Å². The van der Waals surface area contributed by atoms with Crippen molar-refractivity contribution in [3.8, 4) is 16.4 Å². The van der Waals surface area contributed by atoms with Crippen molar-refractivity contribution in [1.29, 1.82) is 0 Å². The molecular weight excluding hydrogens is 284 g/mol. The third-order valence-corrected chi connectivity index (χ3v) is 4.17. The first-order valence-electron chi connectivity index (χ1n) is 5.57. The molecule has 3 nitrogen and oxygen atoms in total. The first-order chi connectivity index (χ1) is 9.08. The van der Waals surface area contributed by atoms with E-state index in [1.54, 1.807) is 12.1 Å². The second-order valence-electron chi connectivity index (χ2n) is 4.18. The summed E-state index contributed by atoms with van der Waals surface area (Å²) in [5.74, 6) is -0.177. The van der Waals surface area contributed by atoms with Gasteiger partial charge >= 0.3 is 0 Å². The highest BCUT2D eigenvalue weighted by Crippen LogP contribution is 2.34. The Morgan fingerprint density at radius 1 is 1.37 bits per heavy atom. The summed E-state index contributed by atoms with van der Waals surface area (Å²) >= 11 is 7.39. The lowest BCUT2D eigenvalue weighted by atomic mass is 10.1. The third-order valence-electron chi connectivity index (χ3n) is 2.89. The maximum Gasteiger partial charge on any atom is 0.235 e. The molecule has 3 aromatic rings. The number of benzene rings is 1. The Morgan fingerprint density at radius 2 is 2.16 bits per heavy atom. The van der Waals surface area contributed by atoms with E-state index in [2.05, 4.69) is 0 Å². The maximum atomic E-state index is 12.1. The van der Waals surface area contributed by atoms with E-state index in [0.717, 1.165) is 5.56 Å². The van der Waals surface area contributed by atoms with E-state index in [0.29, 0.717) is 15.5 Å². The number of hydrogen-bond donors (Lipinski definition) is 1. The van der Waals surface area contributed by atoms with Crippen molar-refractivity contribution in [2.45, 2.75) is 6.92 Å². The smallest absolute Gasteiger partial charge is 0.235 e. The van der Waals surface area contributed by atoms with Gasteiger partial charge in [0.05, 0.1) is 10.3 Å². The van der Waals surface area contributed by atoms with Gasteiger partial charge in [-0.15, -0.1) is 11.3 Å². The van der Waals surface area contributed by atoms with Gasteiger partial charge in [-0.3, -0.25) is 4.79 Å². The van der Waals surface area contributed by atoms with Crippen molar-refractivity contribution >= 4 is 33.9 Å². The van der Waals surface area contributed by atoms with Gasteiger partial charge in [0.25, 0.3) is 0 Å². The lowest BCUT2D eigenvalue weighted by Gasteiger charge is -2.05. The Bertz CT molecular complexity index is 819. The van der Waals surface area contributed by atoms with Gasteiger partial charge < -0.3 is 9.52 Å². The average molecular weight is 293 g/mol. The number of fused-ring (bicyclic) bond motifs is 1. The van der Waals surface area contributed by atoms with E-state index in [1.807, 2.05) is 18.4 Å². The molecule has 1 N–H and O–H groups in total. The predicted molar refractivity (Wildman–Crippen MR) is 77.2 cm³/mol. The minimum atomic E-state index is -0.466. The fourth-order valence-corrected chi connectivity index (χ4v) is 2.75. The molecule has 0 fully saturated rings. The number of rotatable bonds is 1. The average Bonchev–Trinajstić information content (AvgIpc) is 2.90. The van der Waals surface area contributed by atoms with Crippen LogP contribution in [0.15, 0.2) is 38.9 Å². The van der Waals surface area contributed by atoms with Crippen LogP contribution in [-0.4, -0.2) is 5.11 Å². The Hall–Kier alpha value is -1.78. The van der Waals surface area contributed by atoms with E-state index in [1.165, 1.54) is 17.4 Å². The Labute approximate surface area is 117 Å². The van der Waals surface area contributed by atoms with Crippen molar-refractivity contribution in [2.24, 2.45) is 0 Å². The van der Waals surface area contributed by atoms with Gasteiger partial charge in [0.2, 0.25) is 11.2 Å². The molecule has 2 aromatic heterocycles. The summed E-state index contributed by atoms with van der Waals surface area (Å²) in [6.07, 6.45) is 0. The molecule has 0 bridgehead atoms. The second kappa shape index (κ2) is 4.40. The molecule has 1 aromatic carbocycles. The van der Waals surface area contributed by atoms with Crippen LogP contribution in [0.4, 0.5) is 0 Å². The second-order valence-corrected chi connectivity index (χ2v) is 5.54. The van der Waals surface area contributed by atoms with Crippen molar-refractivity contribution in [3.63, 3.8) is 0 Å². The Kier molecular flexibility index (Phi) is 2.84. The molecule has 0 aliphatic rings. The summed E-state index contributed by atoms with van der Waals surface area (Å²) < 4.78 is 5.66. The fraction of sp³-hybridized carbons (Fsp3) is 0.0714. The van der Waals surface area contributed by atoms with Gasteiger partial charge in [-0.2, -0.15) is 0 Å². The first-order valence-corrected chi connectivity index (χ1v) is 6.83. The summed E-state index contributed by atoms with van der Waals surface area (Å²) in [6.45, 7) is 1.83. The lowest BCUT2D eigenvalue weighted by Crippen LogP contribution is -2.02. The highest BCUT2D eigenvalue weighted by molar-refractivity contribution is 7.13. The molecule has 0 saturated heterocycles. The summed E-state index contributed by atoms with van der Waals surface area (Å²) in [5, 5.41) is 12.6. The van der Waals surface area contributed by atoms with Gasteiger partial charge in [-0.25, -0.2) is 0 Å². The van der Waals surface area contributed by atoms with Crippen LogP contribution in [0.5, 0.6) is 5.75 Å². The minimum Gasteiger partial charge on any atom is -0.501 e. The molecule has 0 aliphatic heterocycles. The summed E-state index contributed by atoms with van der Waals surface area (Å²) in [5.41, 5.74) is 0.778. The number of halogens is 1. The standard InChI is InChI=1S/C14H9ClO3S/c1-7-5-10-8(6-9(7)15)12(16)13(17)14(18-10)11-3-2-4-19-11/h2-6,17H,1H3. The molecule has 5 heteroatoms. The fourth-order valence-electron chi connectivity index (χ4n) is 1.88. The summed E-state index contributed by atoms with van der Waals surface area (Å²) in [7, 11) is 0. The molecule has 0 amide bonds. The van der Waals surface area contributed by atoms with Crippen LogP contribution in [0.1, 0.15) is 5.56 Å². The Morgan fingerprint density at radius 3 is 2.84 bits per heavy atom. The molecule has 2 heterocycles. The number of aryl methyl sites for hydroxylation is 1. The molecule has 0 aliphatic carbocycles. The van der Waals surface area contributed by atoms with E-state index in [4.69, 9.17) is 16.0 Å². The van der Waals surface area contributed by atoms with E-state index < -0.39 is 5.43 Å². The van der Waals surface area contributed by atoms with Crippen LogP contribution in [-0.2, 0) is 0 Å². The van der Waals surface area contributed by atoms with Crippen LogP contribution >= 0.6 is 22.9 Å². The molecule has 19 heavy (non-hydrogen) atoms. The SMILES string of the molecule is Cc1cc2oc(-c3cccs3)c(O)c(=O)c2cc1Cl. The zero-order valence-electron chi connectivity index (χ0n) is 9.94. The molecule has 0 spiro atoms. The minimum absolute atomic E-state index is 0.203. The van der Waals surface area contributed by atoms with E-state index in [-0.39, 0.29) is 16.9 Å². The van der Waals surface area contributed by atoms with Gasteiger partial charge in [0.15, 0.2) is 5.76 Å². The van der Waals surface area contributed by atoms with E-state index >= 15 is 0 Å². The number of thiophene rings is 1. The lowest BCUT2D eigenvalue weighted by molar-refractivity contribution is 0.449. The molecule has 3 rings (SSSR count). The topological polar surface area (TPSA) is 50.4 Å². The van der Waals surface area contributed by atoms with Gasteiger partial charge in [0, 0.05) is 5.02 Å². The van der Waals surface area contributed by atoms with Crippen LogP contribution in [0, 0.1) is 6.92 Å². The van der Waals surface area contributed by atoms with Crippen molar-refractivity contribution < 1.29 is 9.52 Å². The zero-order chi connectivity index (χ0) is 13.6. The molecule has 0 atom stereocenters. The van der Waals surface area contributed by atoms with Crippen molar-refractivity contribution in [2.75, 3.05) is 0 Å². The predicted octanol–water partition coefficient (Wildman–Crippen LogP) is 4.19.